The van der Waals surface area contributed by atoms with E-state index in [2.05, 4.69) is 22.3 Å². The third-order valence-corrected chi connectivity index (χ3v) is 3.19. The highest BCUT2D eigenvalue weighted by molar-refractivity contribution is 5.47. The number of ether oxygens (including phenoxy) is 2. The Morgan fingerprint density at radius 1 is 1.32 bits per heavy atom. The predicted molar refractivity (Wildman–Crippen MR) is 78.0 cm³/mol. The Morgan fingerprint density at radius 2 is 2.11 bits per heavy atom. The molecule has 1 aliphatic heterocycles. The molecule has 0 radical (unpaired) electrons. The molecule has 19 heavy (non-hydrogen) atoms. The van der Waals surface area contributed by atoms with Gasteiger partial charge in [-0.2, -0.15) is 0 Å². The quantitative estimate of drug-likeness (QED) is 0.854. The number of nitrogens with zero attached hydrogens (tertiary/aromatic N) is 1. The average Bonchev–Trinajstić information content (AvgIpc) is 2.42. The molecule has 1 unspecified atom stereocenters. The molecule has 1 N–H and O–H groups in total. The SMILES string of the molecule is CN(C)CCOc1ccc(NC2CCCOC2)cc1. The maximum Gasteiger partial charge on any atom is 0.119 e. The van der Waals surface area contributed by atoms with E-state index in [0.29, 0.717) is 6.04 Å². The molecule has 1 aromatic rings. The second-order valence-corrected chi connectivity index (χ2v) is 5.23. The van der Waals surface area contributed by atoms with E-state index in [1.807, 2.05) is 26.2 Å². The lowest BCUT2D eigenvalue weighted by molar-refractivity contribution is 0.0876. The van der Waals surface area contributed by atoms with Gasteiger partial charge in [-0.25, -0.2) is 0 Å². The van der Waals surface area contributed by atoms with Crippen LogP contribution in [0.25, 0.3) is 0 Å². The molecule has 0 amide bonds. The number of rotatable bonds is 6. The van der Waals surface area contributed by atoms with E-state index in [9.17, 15) is 0 Å². The van der Waals surface area contributed by atoms with Crippen molar-refractivity contribution in [2.75, 3.05) is 45.8 Å². The molecule has 1 heterocycles. The van der Waals surface area contributed by atoms with Crippen LogP contribution in [0.2, 0.25) is 0 Å². The van der Waals surface area contributed by atoms with Crippen LogP contribution < -0.4 is 10.1 Å². The highest BCUT2D eigenvalue weighted by atomic mass is 16.5. The first-order valence-electron chi connectivity index (χ1n) is 6.96. The zero-order valence-electron chi connectivity index (χ0n) is 11.9. The largest absolute Gasteiger partial charge is 0.492 e. The van der Waals surface area contributed by atoms with E-state index in [-0.39, 0.29) is 0 Å². The van der Waals surface area contributed by atoms with E-state index >= 15 is 0 Å². The number of anilines is 1. The van der Waals surface area contributed by atoms with E-state index in [4.69, 9.17) is 9.47 Å². The number of benzene rings is 1. The standard InChI is InChI=1S/C15H24N2O2/c1-17(2)9-11-19-15-7-5-13(6-8-15)16-14-4-3-10-18-12-14/h5-8,14,16H,3-4,9-12H2,1-2H3. The van der Waals surface area contributed by atoms with E-state index in [0.717, 1.165) is 44.2 Å². The Balaban J connectivity index is 1.77. The Kier molecular flexibility index (Phi) is 5.48. The molecule has 0 aromatic heterocycles. The molecule has 1 fully saturated rings. The molecular weight excluding hydrogens is 240 g/mol. The van der Waals surface area contributed by atoms with Crippen LogP contribution in [0.4, 0.5) is 5.69 Å². The minimum Gasteiger partial charge on any atom is -0.492 e. The third-order valence-electron chi connectivity index (χ3n) is 3.19. The topological polar surface area (TPSA) is 33.7 Å². The van der Waals surface area contributed by atoms with Gasteiger partial charge in [0, 0.05) is 24.9 Å². The molecule has 4 nitrogen and oxygen atoms in total. The molecule has 1 aliphatic rings. The summed E-state index contributed by atoms with van der Waals surface area (Å²) in [5, 5.41) is 3.49. The van der Waals surface area contributed by atoms with Crippen molar-refractivity contribution in [3.8, 4) is 5.75 Å². The van der Waals surface area contributed by atoms with Gasteiger partial charge in [0.1, 0.15) is 12.4 Å². The van der Waals surface area contributed by atoms with Crippen LogP contribution in [-0.2, 0) is 4.74 Å². The first kappa shape index (κ1) is 14.2. The molecule has 0 spiro atoms. The molecular formula is C15H24N2O2. The van der Waals surface area contributed by atoms with Gasteiger partial charge >= 0.3 is 0 Å². The van der Waals surface area contributed by atoms with Crippen molar-refractivity contribution < 1.29 is 9.47 Å². The Labute approximate surface area is 115 Å². The van der Waals surface area contributed by atoms with Gasteiger partial charge in [0.25, 0.3) is 0 Å². The summed E-state index contributed by atoms with van der Waals surface area (Å²) in [7, 11) is 4.09. The Morgan fingerprint density at radius 3 is 2.74 bits per heavy atom. The summed E-state index contributed by atoms with van der Waals surface area (Å²) in [4.78, 5) is 2.11. The molecule has 1 saturated heterocycles. The fourth-order valence-electron chi connectivity index (χ4n) is 2.08. The van der Waals surface area contributed by atoms with Crippen LogP contribution in [0.5, 0.6) is 5.75 Å². The number of hydrogen-bond donors (Lipinski definition) is 1. The van der Waals surface area contributed by atoms with Crippen molar-refractivity contribution in [2.24, 2.45) is 0 Å². The van der Waals surface area contributed by atoms with Crippen molar-refractivity contribution in [3.05, 3.63) is 24.3 Å². The second-order valence-electron chi connectivity index (χ2n) is 5.23. The zero-order valence-corrected chi connectivity index (χ0v) is 11.9. The van der Waals surface area contributed by atoms with E-state index in [1.54, 1.807) is 0 Å². The minimum atomic E-state index is 0.439. The summed E-state index contributed by atoms with van der Waals surface area (Å²) < 4.78 is 11.1. The normalized spacial score (nSPS) is 19.4. The van der Waals surface area contributed by atoms with Gasteiger partial charge in [-0.3, -0.25) is 0 Å². The fourth-order valence-corrected chi connectivity index (χ4v) is 2.08. The average molecular weight is 264 g/mol. The lowest BCUT2D eigenvalue weighted by atomic mass is 10.1. The monoisotopic (exact) mass is 264 g/mol. The number of hydrogen-bond acceptors (Lipinski definition) is 4. The lowest BCUT2D eigenvalue weighted by Crippen LogP contribution is -2.29. The summed E-state index contributed by atoms with van der Waals surface area (Å²) in [6, 6.07) is 8.61. The maximum absolute atomic E-state index is 5.67. The van der Waals surface area contributed by atoms with E-state index in [1.165, 1.54) is 6.42 Å². The number of likely N-dealkylation sites (N-methyl/N-ethyl adjacent to an activating group) is 1. The molecule has 4 heteroatoms. The van der Waals surface area contributed by atoms with Gasteiger partial charge < -0.3 is 19.7 Å². The van der Waals surface area contributed by atoms with Gasteiger partial charge in [0.05, 0.1) is 6.61 Å². The van der Waals surface area contributed by atoms with Gasteiger partial charge in [-0.15, -0.1) is 0 Å². The lowest BCUT2D eigenvalue weighted by Gasteiger charge is -2.24. The Bertz CT molecular complexity index is 359. The maximum atomic E-state index is 5.67. The summed E-state index contributed by atoms with van der Waals surface area (Å²) in [5.74, 6) is 0.923. The summed E-state index contributed by atoms with van der Waals surface area (Å²) >= 11 is 0. The van der Waals surface area contributed by atoms with Crippen LogP contribution >= 0.6 is 0 Å². The van der Waals surface area contributed by atoms with E-state index < -0.39 is 0 Å². The first-order valence-corrected chi connectivity index (χ1v) is 6.96. The van der Waals surface area contributed by atoms with Crippen LogP contribution in [0.15, 0.2) is 24.3 Å². The summed E-state index contributed by atoms with van der Waals surface area (Å²) in [5.41, 5.74) is 1.13. The zero-order chi connectivity index (χ0) is 13.5. The Hall–Kier alpha value is -1.26. The van der Waals surface area contributed by atoms with Gasteiger partial charge in [0.15, 0.2) is 0 Å². The first-order chi connectivity index (χ1) is 9.24. The molecule has 0 bridgehead atoms. The van der Waals surface area contributed by atoms with Crippen molar-refractivity contribution in [1.82, 2.24) is 4.90 Å². The molecule has 2 rings (SSSR count). The van der Waals surface area contributed by atoms with Crippen molar-refractivity contribution in [3.63, 3.8) is 0 Å². The van der Waals surface area contributed by atoms with Gasteiger partial charge in [0.2, 0.25) is 0 Å². The predicted octanol–water partition coefficient (Wildman–Crippen LogP) is 2.22. The molecule has 1 atom stereocenters. The van der Waals surface area contributed by atoms with Crippen LogP contribution in [-0.4, -0.2) is 51.4 Å². The smallest absolute Gasteiger partial charge is 0.119 e. The highest BCUT2D eigenvalue weighted by Gasteiger charge is 2.13. The third kappa shape index (κ3) is 5.09. The molecule has 0 aliphatic carbocycles. The second kappa shape index (κ2) is 7.36. The van der Waals surface area contributed by atoms with Gasteiger partial charge in [-0.1, -0.05) is 0 Å². The molecule has 106 valence electrons. The van der Waals surface area contributed by atoms with Crippen LogP contribution in [0.3, 0.4) is 0 Å². The molecule has 0 saturated carbocycles. The minimum absolute atomic E-state index is 0.439. The van der Waals surface area contributed by atoms with Crippen molar-refractivity contribution >= 4 is 5.69 Å². The van der Waals surface area contributed by atoms with Crippen LogP contribution in [0.1, 0.15) is 12.8 Å². The highest BCUT2D eigenvalue weighted by Crippen LogP contribution is 2.18. The van der Waals surface area contributed by atoms with Crippen LogP contribution in [0, 0.1) is 0 Å². The number of nitrogens with one attached hydrogen (secondary N) is 1. The van der Waals surface area contributed by atoms with Crippen molar-refractivity contribution in [1.29, 1.82) is 0 Å². The fraction of sp³-hybridized carbons (Fsp3) is 0.600. The van der Waals surface area contributed by atoms with Crippen molar-refractivity contribution in [2.45, 2.75) is 18.9 Å². The summed E-state index contributed by atoms with van der Waals surface area (Å²) in [6.07, 6.45) is 2.32. The molecule has 1 aromatic carbocycles. The summed E-state index contributed by atoms with van der Waals surface area (Å²) in [6.45, 7) is 3.35. The van der Waals surface area contributed by atoms with Gasteiger partial charge in [-0.05, 0) is 51.2 Å².